The SMILES string of the molecule is O=CC1CN(Cc2cncc3cccnc23)CCO1. The number of carbonyl (C=O) groups excluding carboxylic acids is 1. The maximum absolute atomic E-state index is 10.8. The highest BCUT2D eigenvalue weighted by Gasteiger charge is 2.20. The van der Waals surface area contributed by atoms with Crippen molar-refractivity contribution in [2.45, 2.75) is 12.6 Å². The molecule has 0 N–H and O–H groups in total. The van der Waals surface area contributed by atoms with Crippen LogP contribution >= 0.6 is 0 Å². The second-order valence-electron chi connectivity index (χ2n) is 4.65. The molecule has 3 rings (SSSR count). The zero-order valence-electron chi connectivity index (χ0n) is 10.5. The van der Waals surface area contributed by atoms with Gasteiger partial charge >= 0.3 is 0 Å². The third kappa shape index (κ3) is 2.62. The normalized spacial score (nSPS) is 20.5. The van der Waals surface area contributed by atoms with Gasteiger partial charge in [0, 0.05) is 49.2 Å². The minimum Gasteiger partial charge on any atom is -0.368 e. The van der Waals surface area contributed by atoms with Gasteiger partial charge in [0.15, 0.2) is 0 Å². The largest absolute Gasteiger partial charge is 0.368 e. The molecule has 5 nitrogen and oxygen atoms in total. The first kappa shape index (κ1) is 12.2. The minimum atomic E-state index is -0.315. The summed E-state index contributed by atoms with van der Waals surface area (Å²) in [5, 5.41) is 1.04. The molecule has 1 saturated heterocycles. The minimum absolute atomic E-state index is 0.315. The molecular formula is C14H15N3O2. The number of fused-ring (bicyclic) bond motifs is 1. The number of rotatable bonds is 3. The predicted octanol–water partition coefficient (Wildman–Crippen LogP) is 1.03. The Hall–Kier alpha value is -1.85. The number of hydrogen-bond donors (Lipinski definition) is 0. The Morgan fingerprint density at radius 1 is 1.47 bits per heavy atom. The van der Waals surface area contributed by atoms with E-state index in [9.17, 15) is 4.79 Å². The van der Waals surface area contributed by atoms with Gasteiger partial charge in [0.05, 0.1) is 12.1 Å². The zero-order chi connectivity index (χ0) is 13.1. The number of ether oxygens (including phenoxy) is 1. The Balaban J connectivity index is 1.83. The highest BCUT2D eigenvalue weighted by atomic mass is 16.5. The molecular weight excluding hydrogens is 242 g/mol. The van der Waals surface area contributed by atoms with Crippen LogP contribution in [0.3, 0.4) is 0 Å². The number of pyridine rings is 2. The van der Waals surface area contributed by atoms with E-state index >= 15 is 0 Å². The number of nitrogens with zero attached hydrogens (tertiary/aromatic N) is 3. The van der Waals surface area contributed by atoms with E-state index in [1.54, 1.807) is 6.20 Å². The molecule has 2 aromatic heterocycles. The summed E-state index contributed by atoms with van der Waals surface area (Å²) in [6.07, 6.45) is 6.01. The third-order valence-electron chi connectivity index (χ3n) is 3.31. The first-order chi connectivity index (χ1) is 9.36. The van der Waals surface area contributed by atoms with Gasteiger partial charge in [-0.15, -0.1) is 0 Å². The molecule has 0 aromatic carbocycles. The van der Waals surface area contributed by atoms with Crippen molar-refractivity contribution in [1.29, 1.82) is 0 Å². The number of hydrogen-bond acceptors (Lipinski definition) is 5. The fourth-order valence-electron chi connectivity index (χ4n) is 2.37. The molecule has 1 unspecified atom stereocenters. The van der Waals surface area contributed by atoms with Crippen molar-refractivity contribution in [3.8, 4) is 0 Å². The molecule has 98 valence electrons. The molecule has 19 heavy (non-hydrogen) atoms. The Morgan fingerprint density at radius 3 is 3.32 bits per heavy atom. The molecule has 2 aromatic rings. The van der Waals surface area contributed by atoms with Crippen LogP contribution in [0.1, 0.15) is 5.56 Å². The van der Waals surface area contributed by atoms with Crippen molar-refractivity contribution in [3.05, 3.63) is 36.3 Å². The standard InChI is InChI=1S/C14H15N3O2/c18-10-13-9-17(4-5-19-13)8-12-7-15-6-11-2-1-3-16-14(11)12/h1-3,6-7,10,13H,4-5,8-9H2. The Morgan fingerprint density at radius 2 is 2.42 bits per heavy atom. The molecule has 1 atom stereocenters. The number of morpholine rings is 1. The molecule has 0 saturated carbocycles. The molecule has 5 heteroatoms. The Kier molecular flexibility index (Phi) is 3.48. The van der Waals surface area contributed by atoms with E-state index in [2.05, 4.69) is 14.9 Å². The summed E-state index contributed by atoms with van der Waals surface area (Å²) in [5.74, 6) is 0. The summed E-state index contributed by atoms with van der Waals surface area (Å²) in [5.41, 5.74) is 2.07. The van der Waals surface area contributed by atoms with Crippen molar-refractivity contribution >= 4 is 17.2 Å². The molecule has 1 aliphatic heterocycles. The van der Waals surface area contributed by atoms with Crippen LogP contribution < -0.4 is 0 Å². The van der Waals surface area contributed by atoms with E-state index in [0.717, 1.165) is 35.8 Å². The van der Waals surface area contributed by atoms with Crippen LogP contribution in [0.15, 0.2) is 30.7 Å². The van der Waals surface area contributed by atoms with Gasteiger partial charge in [-0.2, -0.15) is 0 Å². The Labute approximate surface area is 111 Å². The van der Waals surface area contributed by atoms with Gasteiger partial charge in [-0.3, -0.25) is 14.9 Å². The van der Waals surface area contributed by atoms with E-state index < -0.39 is 0 Å². The maximum atomic E-state index is 10.8. The summed E-state index contributed by atoms with van der Waals surface area (Å²) in [6.45, 7) is 2.80. The summed E-state index contributed by atoms with van der Waals surface area (Å²) in [6, 6.07) is 3.91. The topological polar surface area (TPSA) is 55.3 Å². The van der Waals surface area contributed by atoms with Gasteiger partial charge in [-0.05, 0) is 12.1 Å². The van der Waals surface area contributed by atoms with Crippen LogP contribution in [0.25, 0.3) is 10.9 Å². The van der Waals surface area contributed by atoms with Gasteiger partial charge in [0.25, 0.3) is 0 Å². The van der Waals surface area contributed by atoms with Crippen molar-refractivity contribution < 1.29 is 9.53 Å². The van der Waals surface area contributed by atoms with E-state index in [0.29, 0.717) is 13.2 Å². The summed E-state index contributed by atoms with van der Waals surface area (Å²) < 4.78 is 5.34. The van der Waals surface area contributed by atoms with Crippen LogP contribution in [0.4, 0.5) is 0 Å². The lowest BCUT2D eigenvalue weighted by Gasteiger charge is -2.30. The molecule has 0 radical (unpaired) electrons. The van der Waals surface area contributed by atoms with E-state index in [1.165, 1.54) is 0 Å². The quantitative estimate of drug-likeness (QED) is 0.769. The fraction of sp³-hybridized carbons (Fsp3) is 0.357. The first-order valence-corrected chi connectivity index (χ1v) is 6.33. The van der Waals surface area contributed by atoms with Crippen molar-refractivity contribution in [3.63, 3.8) is 0 Å². The van der Waals surface area contributed by atoms with Crippen molar-refractivity contribution in [2.75, 3.05) is 19.7 Å². The first-order valence-electron chi connectivity index (χ1n) is 6.33. The predicted molar refractivity (Wildman–Crippen MR) is 70.6 cm³/mol. The van der Waals surface area contributed by atoms with Crippen LogP contribution in [0.5, 0.6) is 0 Å². The van der Waals surface area contributed by atoms with E-state index in [1.807, 2.05) is 24.5 Å². The Bertz CT molecular complexity index is 582. The molecule has 0 spiro atoms. The summed E-state index contributed by atoms with van der Waals surface area (Å²) in [4.78, 5) is 21.7. The maximum Gasteiger partial charge on any atom is 0.150 e. The van der Waals surface area contributed by atoms with Gasteiger partial charge in [-0.1, -0.05) is 0 Å². The number of aromatic nitrogens is 2. The highest BCUT2D eigenvalue weighted by Crippen LogP contribution is 2.17. The second kappa shape index (κ2) is 5.42. The van der Waals surface area contributed by atoms with Gasteiger partial charge in [0.1, 0.15) is 12.4 Å². The second-order valence-corrected chi connectivity index (χ2v) is 4.65. The molecule has 0 aliphatic carbocycles. The lowest BCUT2D eigenvalue weighted by Crippen LogP contribution is -2.42. The fourth-order valence-corrected chi connectivity index (χ4v) is 2.37. The lowest BCUT2D eigenvalue weighted by atomic mass is 10.1. The van der Waals surface area contributed by atoms with Crippen molar-refractivity contribution in [2.24, 2.45) is 0 Å². The van der Waals surface area contributed by atoms with Crippen LogP contribution in [-0.2, 0) is 16.1 Å². The van der Waals surface area contributed by atoms with Crippen LogP contribution in [-0.4, -0.2) is 47.0 Å². The zero-order valence-corrected chi connectivity index (χ0v) is 10.5. The average Bonchev–Trinajstić information content (AvgIpc) is 2.48. The van der Waals surface area contributed by atoms with Gasteiger partial charge < -0.3 is 9.53 Å². The molecule has 3 heterocycles. The monoisotopic (exact) mass is 257 g/mol. The molecule has 0 amide bonds. The summed E-state index contributed by atoms with van der Waals surface area (Å²) >= 11 is 0. The lowest BCUT2D eigenvalue weighted by molar-refractivity contribution is -0.123. The van der Waals surface area contributed by atoms with Crippen LogP contribution in [0.2, 0.25) is 0 Å². The van der Waals surface area contributed by atoms with Crippen LogP contribution in [0, 0.1) is 0 Å². The molecule has 1 aliphatic rings. The smallest absolute Gasteiger partial charge is 0.150 e. The van der Waals surface area contributed by atoms with Gasteiger partial charge in [-0.25, -0.2) is 0 Å². The van der Waals surface area contributed by atoms with E-state index in [4.69, 9.17) is 4.74 Å². The number of carbonyl (C=O) groups is 1. The summed E-state index contributed by atoms with van der Waals surface area (Å²) in [7, 11) is 0. The average molecular weight is 257 g/mol. The highest BCUT2D eigenvalue weighted by molar-refractivity contribution is 5.80. The molecule has 0 bridgehead atoms. The third-order valence-corrected chi connectivity index (χ3v) is 3.31. The van der Waals surface area contributed by atoms with Crippen molar-refractivity contribution in [1.82, 2.24) is 14.9 Å². The molecule has 1 fully saturated rings. The van der Waals surface area contributed by atoms with E-state index in [-0.39, 0.29) is 6.10 Å². The number of aldehydes is 1. The van der Waals surface area contributed by atoms with Gasteiger partial charge in [0.2, 0.25) is 0 Å².